The summed E-state index contributed by atoms with van der Waals surface area (Å²) in [7, 11) is 1.27. The molecule has 0 radical (unpaired) electrons. The average Bonchev–Trinajstić information content (AvgIpc) is 2.11. The van der Waals surface area contributed by atoms with Gasteiger partial charge >= 0.3 is 11.9 Å². The highest BCUT2D eigenvalue weighted by molar-refractivity contribution is 5.94. The molecule has 0 aliphatic rings. The third-order valence-corrected chi connectivity index (χ3v) is 1.70. The van der Waals surface area contributed by atoms with E-state index in [1.54, 1.807) is 13.8 Å². The minimum atomic E-state index is -0.771. The van der Waals surface area contributed by atoms with Crippen LogP contribution in [0.5, 0.6) is 0 Å². The van der Waals surface area contributed by atoms with Gasteiger partial charge in [0, 0.05) is 0 Å². The molecule has 4 nitrogen and oxygen atoms in total. The fourth-order valence-electron chi connectivity index (χ4n) is 1.08. The summed E-state index contributed by atoms with van der Waals surface area (Å²) < 4.78 is 9.48. The van der Waals surface area contributed by atoms with Crippen LogP contribution in [0, 0.1) is 5.92 Å². The average molecular weight is 202 g/mol. The zero-order valence-electron chi connectivity index (χ0n) is 9.20. The van der Waals surface area contributed by atoms with E-state index in [0.29, 0.717) is 6.42 Å². The Balaban J connectivity index is 4.32. The van der Waals surface area contributed by atoms with Gasteiger partial charge in [-0.25, -0.2) is 0 Å². The van der Waals surface area contributed by atoms with Crippen LogP contribution in [0.1, 0.15) is 33.6 Å². The van der Waals surface area contributed by atoms with Crippen LogP contribution in [-0.2, 0) is 19.1 Å². The molecule has 0 saturated carbocycles. The molecule has 0 saturated heterocycles. The lowest BCUT2D eigenvalue weighted by molar-refractivity contribution is -0.163. The van der Waals surface area contributed by atoms with Crippen molar-refractivity contribution >= 4 is 11.9 Å². The summed E-state index contributed by atoms with van der Waals surface area (Å²) in [4.78, 5) is 22.6. The Morgan fingerprint density at radius 3 is 2.14 bits per heavy atom. The van der Waals surface area contributed by atoms with E-state index >= 15 is 0 Å². The predicted molar refractivity (Wildman–Crippen MR) is 51.6 cm³/mol. The third kappa shape index (κ3) is 4.25. The second kappa shape index (κ2) is 6.40. The van der Waals surface area contributed by atoms with E-state index < -0.39 is 17.9 Å². The molecule has 0 aliphatic carbocycles. The molecule has 0 rings (SSSR count). The van der Waals surface area contributed by atoms with E-state index in [1.165, 1.54) is 7.11 Å². The number of esters is 2. The van der Waals surface area contributed by atoms with Crippen molar-refractivity contribution in [3.63, 3.8) is 0 Å². The number of hydrogen-bond donors (Lipinski definition) is 0. The Morgan fingerprint density at radius 2 is 1.79 bits per heavy atom. The fraction of sp³-hybridized carbons (Fsp3) is 0.800. The topological polar surface area (TPSA) is 52.6 Å². The highest BCUT2D eigenvalue weighted by Gasteiger charge is 2.28. The largest absolute Gasteiger partial charge is 0.468 e. The van der Waals surface area contributed by atoms with Crippen molar-refractivity contribution in [1.29, 1.82) is 0 Å². The maximum absolute atomic E-state index is 11.4. The lowest BCUT2D eigenvalue weighted by atomic mass is 10.0. The zero-order valence-corrected chi connectivity index (χ0v) is 9.20. The first-order chi connectivity index (χ1) is 6.52. The van der Waals surface area contributed by atoms with Crippen molar-refractivity contribution in [2.24, 2.45) is 5.92 Å². The number of rotatable bonds is 5. The molecule has 0 amide bonds. The van der Waals surface area contributed by atoms with Crippen LogP contribution in [0.2, 0.25) is 0 Å². The van der Waals surface area contributed by atoms with Crippen LogP contribution in [0.25, 0.3) is 0 Å². The molecule has 0 aliphatic heterocycles. The molecule has 82 valence electrons. The Bertz CT molecular complexity index is 198. The highest BCUT2D eigenvalue weighted by Crippen LogP contribution is 2.11. The zero-order chi connectivity index (χ0) is 11.1. The van der Waals surface area contributed by atoms with Gasteiger partial charge in [0.05, 0.1) is 13.2 Å². The van der Waals surface area contributed by atoms with Crippen molar-refractivity contribution in [3.8, 4) is 0 Å². The summed E-state index contributed by atoms with van der Waals surface area (Å²) in [5.41, 5.74) is 0. The Kier molecular flexibility index (Phi) is 5.92. The number of carbonyl (C=O) groups excluding carboxylic acids is 2. The van der Waals surface area contributed by atoms with Crippen molar-refractivity contribution in [2.45, 2.75) is 39.7 Å². The van der Waals surface area contributed by atoms with E-state index in [-0.39, 0.29) is 6.10 Å². The number of carbonyl (C=O) groups is 2. The van der Waals surface area contributed by atoms with E-state index in [9.17, 15) is 9.59 Å². The second-order valence-electron chi connectivity index (χ2n) is 3.35. The normalized spacial score (nSPS) is 12.4. The summed E-state index contributed by atoms with van der Waals surface area (Å²) >= 11 is 0. The third-order valence-electron chi connectivity index (χ3n) is 1.70. The summed E-state index contributed by atoms with van der Waals surface area (Å²) in [6.07, 6.45) is 1.01. The quantitative estimate of drug-likeness (QED) is 0.501. The molecular weight excluding hydrogens is 184 g/mol. The van der Waals surface area contributed by atoms with Crippen molar-refractivity contribution in [2.75, 3.05) is 7.11 Å². The lowest BCUT2D eigenvalue weighted by Crippen LogP contribution is -2.28. The molecule has 14 heavy (non-hydrogen) atoms. The van der Waals surface area contributed by atoms with Crippen LogP contribution >= 0.6 is 0 Å². The SMILES string of the molecule is CCCC(C(=O)OC)C(=O)OC(C)C. The van der Waals surface area contributed by atoms with Gasteiger partial charge in [-0.15, -0.1) is 0 Å². The van der Waals surface area contributed by atoms with Crippen molar-refractivity contribution < 1.29 is 19.1 Å². The predicted octanol–water partition coefficient (Wildman–Crippen LogP) is 1.53. The highest BCUT2D eigenvalue weighted by atomic mass is 16.6. The molecule has 0 N–H and O–H groups in total. The van der Waals surface area contributed by atoms with Crippen molar-refractivity contribution in [3.05, 3.63) is 0 Å². The van der Waals surface area contributed by atoms with Gasteiger partial charge < -0.3 is 9.47 Å². The first kappa shape index (κ1) is 12.9. The van der Waals surface area contributed by atoms with Crippen LogP contribution in [-0.4, -0.2) is 25.2 Å². The van der Waals surface area contributed by atoms with E-state index in [0.717, 1.165) is 6.42 Å². The smallest absolute Gasteiger partial charge is 0.320 e. The Morgan fingerprint density at radius 1 is 1.21 bits per heavy atom. The van der Waals surface area contributed by atoms with Gasteiger partial charge in [-0.05, 0) is 20.3 Å². The van der Waals surface area contributed by atoms with Gasteiger partial charge in [-0.2, -0.15) is 0 Å². The van der Waals surface area contributed by atoms with E-state index in [2.05, 4.69) is 4.74 Å². The second-order valence-corrected chi connectivity index (χ2v) is 3.35. The molecule has 0 aromatic carbocycles. The molecule has 4 heteroatoms. The first-order valence-electron chi connectivity index (χ1n) is 4.81. The molecule has 0 aromatic rings. The van der Waals surface area contributed by atoms with Gasteiger partial charge in [0.2, 0.25) is 0 Å². The first-order valence-corrected chi connectivity index (χ1v) is 4.81. The summed E-state index contributed by atoms with van der Waals surface area (Å²) in [6, 6.07) is 0. The van der Waals surface area contributed by atoms with Crippen LogP contribution in [0.15, 0.2) is 0 Å². The van der Waals surface area contributed by atoms with Crippen LogP contribution in [0.3, 0.4) is 0 Å². The van der Waals surface area contributed by atoms with Gasteiger partial charge in [0.1, 0.15) is 0 Å². The van der Waals surface area contributed by atoms with Crippen LogP contribution < -0.4 is 0 Å². The van der Waals surface area contributed by atoms with Gasteiger partial charge in [0.25, 0.3) is 0 Å². The van der Waals surface area contributed by atoms with Crippen molar-refractivity contribution in [1.82, 2.24) is 0 Å². The maximum Gasteiger partial charge on any atom is 0.320 e. The number of ether oxygens (including phenoxy) is 2. The Hall–Kier alpha value is -1.06. The lowest BCUT2D eigenvalue weighted by Gasteiger charge is -2.14. The fourth-order valence-corrected chi connectivity index (χ4v) is 1.08. The molecular formula is C10H18O4. The van der Waals surface area contributed by atoms with Gasteiger partial charge in [-0.1, -0.05) is 13.3 Å². The Labute approximate surface area is 84.6 Å². The monoisotopic (exact) mass is 202 g/mol. The van der Waals surface area contributed by atoms with E-state index in [1.807, 2.05) is 6.92 Å². The molecule has 1 atom stereocenters. The minimum absolute atomic E-state index is 0.202. The summed E-state index contributed by atoms with van der Waals surface area (Å²) in [5, 5.41) is 0. The minimum Gasteiger partial charge on any atom is -0.468 e. The summed E-state index contributed by atoms with van der Waals surface area (Å²) in [5.74, 6) is -1.78. The number of hydrogen-bond acceptors (Lipinski definition) is 4. The van der Waals surface area contributed by atoms with Crippen LogP contribution in [0.4, 0.5) is 0 Å². The molecule has 0 bridgehead atoms. The molecule has 0 fully saturated rings. The van der Waals surface area contributed by atoms with Gasteiger partial charge in [-0.3, -0.25) is 9.59 Å². The van der Waals surface area contributed by atoms with E-state index in [4.69, 9.17) is 4.74 Å². The standard InChI is InChI=1S/C10H18O4/c1-5-6-8(9(11)13-4)10(12)14-7(2)3/h7-8H,5-6H2,1-4H3. The molecule has 0 heterocycles. The maximum atomic E-state index is 11.4. The molecule has 1 unspecified atom stereocenters. The van der Waals surface area contributed by atoms with Gasteiger partial charge in [0.15, 0.2) is 5.92 Å². The summed E-state index contributed by atoms with van der Waals surface area (Å²) in [6.45, 7) is 5.40. The molecule has 0 spiro atoms. The number of methoxy groups -OCH3 is 1. The molecule has 0 aromatic heterocycles.